The van der Waals surface area contributed by atoms with E-state index in [9.17, 15) is 9.70 Å². The van der Waals surface area contributed by atoms with E-state index in [0.29, 0.717) is 0 Å². The van der Waals surface area contributed by atoms with Gasteiger partial charge in [0.1, 0.15) is 11.5 Å². The van der Waals surface area contributed by atoms with Gasteiger partial charge in [0.2, 0.25) is 6.08 Å². The van der Waals surface area contributed by atoms with Gasteiger partial charge in [0.15, 0.2) is 0 Å². The van der Waals surface area contributed by atoms with Gasteiger partial charge in [0.25, 0.3) is 0 Å². The second-order valence-corrected chi connectivity index (χ2v) is 1.91. The van der Waals surface area contributed by atoms with Crippen molar-refractivity contribution < 1.29 is 9.90 Å². The molecule has 0 heterocycles. The molecule has 1 N–H and O–H groups in total. The number of carbonyl (C=O) groups excluding carboxylic acids is 1. The molecule has 0 spiro atoms. The predicted molar refractivity (Wildman–Crippen MR) is 47.5 cm³/mol. The van der Waals surface area contributed by atoms with Gasteiger partial charge in [-0.05, 0) is 24.3 Å². The maximum atomic E-state index is 10.1. The van der Waals surface area contributed by atoms with Gasteiger partial charge in [-0.25, -0.2) is 4.79 Å². The summed E-state index contributed by atoms with van der Waals surface area (Å²) in [5, 5.41) is 11.5. The molecule has 0 rings (SSSR count). The maximum Gasteiger partial charge on any atom is 0.239 e. The van der Waals surface area contributed by atoms with Crippen molar-refractivity contribution in [2.75, 3.05) is 0 Å². The second kappa shape index (κ2) is 6.69. The van der Waals surface area contributed by atoms with E-state index in [4.69, 9.17) is 5.11 Å². The standard InChI is InChI=1S/C8H8N2O3/c1-2-8(12)5-7(10-13)3-4-9-6-11/h2-5,12H,1H3/b4-3+,7-5+,8-2+. The highest BCUT2D eigenvalue weighted by Gasteiger charge is 1.91. The third-order valence-electron chi connectivity index (χ3n) is 1.07. The minimum Gasteiger partial charge on any atom is -0.508 e. The highest BCUT2D eigenvalue weighted by molar-refractivity contribution is 5.35. The number of aliphatic imine (C=N–C) groups is 1. The fourth-order valence-electron chi connectivity index (χ4n) is 0.484. The van der Waals surface area contributed by atoms with Crippen LogP contribution in [0.25, 0.3) is 0 Å². The molecule has 0 bridgehead atoms. The van der Waals surface area contributed by atoms with E-state index in [-0.39, 0.29) is 11.5 Å². The molecule has 0 aliphatic rings. The molecule has 0 aliphatic carbocycles. The third kappa shape index (κ3) is 5.29. The molecule has 0 fully saturated rings. The van der Waals surface area contributed by atoms with Gasteiger partial charge in [-0.2, -0.15) is 4.99 Å². The Morgan fingerprint density at radius 2 is 2.23 bits per heavy atom. The Balaban J connectivity index is 4.60. The van der Waals surface area contributed by atoms with Gasteiger partial charge in [0, 0.05) is 12.3 Å². The summed E-state index contributed by atoms with van der Waals surface area (Å²) in [4.78, 5) is 22.8. The minimum atomic E-state index is -0.0886. The molecule has 0 saturated carbocycles. The Morgan fingerprint density at radius 1 is 1.54 bits per heavy atom. The summed E-state index contributed by atoms with van der Waals surface area (Å²) in [5.74, 6) is -0.0886. The number of hydrogen-bond acceptors (Lipinski definition) is 5. The number of nitroso groups, excluding NO2 is 1. The molecule has 0 atom stereocenters. The summed E-state index contributed by atoms with van der Waals surface area (Å²) in [6.45, 7) is 1.60. The van der Waals surface area contributed by atoms with Crippen molar-refractivity contribution in [1.29, 1.82) is 0 Å². The lowest BCUT2D eigenvalue weighted by Crippen LogP contribution is -1.76. The van der Waals surface area contributed by atoms with Crippen LogP contribution < -0.4 is 0 Å². The summed E-state index contributed by atoms with van der Waals surface area (Å²) in [7, 11) is 0. The number of allylic oxidation sites excluding steroid dienone is 3. The van der Waals surface area contributed by atoms with Crippen LogP contribution in [0.2, 0.25) is 0 Å². The zero-order valence-corrected chi connectivity index (χ0v) is 6.97. The van der Waals surface area contributed by atoms with E-state index < -0.39 is 0 Å². The number of hydrogen-bond donors (Lipinski definition) is 1. The molecule has 13 heavy (non-hydrogen) atoms. The average Bonchev–Trinajstić information content (AvgIpc) is 2.16. The summed E-state index contributed by atoms with van der Waals surface area (Å²) < 4.78 is 0. The van der Waals surface area contributed by atoms with Gasteiger partial charge in [-0.1, -0.05) is 0 Å². The maximum absolute atomic E-state index is 10.1. The van der Waals surface area contributed by atoms with Crippen LogP contribution in [-0.2, 0) is 4.79 Å². The number of isocyanates is 1. The van der Waals surface area contributed by atoms with Crippen LogP contribution in [-0.4, -0.2) is 11.2 Å². The SMILES string of the molecule is C\C=C(O)/C=C(\C=C\N=C=O)N=O. The summed E-state index contributed by atoms with van der Waals surface area (Å²) >= 11 is 0. The van der Waals surface area contributed by atoms with Crippen molar-refractivity contribution in [3.8, 4) is 0 Å². The van der Waals surface area contributed by atoms with E-state index in [1.54, 1.807) is 6.92 Å². The molecule has 0 saturated heterocycles. The fourth-order valence-corrected chi connectivity index (χ4v) is 0.484. The Labute approximate surface area is 74.8 Å². The van der Waals surface area contributed by atoms with Crippen LogP contribution in [0.5, 0.6) is 0 Å². The van der Waals surface area contributed by atoms with Gasteiger partial charge in [-0.15, -0.1) is 4.91 Å². The van der Waals surface area contributed by atoms with Crippen LogP contribution in [0.3, 0.4) is 0 Å². The normalized spacial score (nSPS) is 12.7. The van der Waals surface area contributed by atoms with Gasteiger partial charge >= 0.3 is 0 Å². The third-order valence-corrected chi connectivity index (χ3v) is 1.07. The van der Waals surface area contributed by atoms with E-state index in [0.717, 1.165) is 12.3 Å². The molecular weight excluding hydrogens is 172 g/mol. The Kier molecular flexibility index (Phi) is 5.66. The largest absolute Gasteiger partial charge is 0.508 e. The topological polar surface area (TPSA) is 79.1 Å². The smallest absolute Gasteiger partial charge is 0.239 e. The van der Waals surface area contributed by atoms with E-state index in [1.165, 1.54) is 18.2 Å². The van der Waals surface area contributed by atoms with Crippen LogP contribution in [0.1, 0.15) is 6.92 Å². The van der Waals surface area contributed by atoms with Gasteiger partial charge < -0.3 is 5.11 Å². The van der Waals surface area contributed by atoms with Crippen molar-refractivity contribution in [2.24, 2.45) is 10.2 Å². The lowest BCUT2D eigenvalue weighted by Gasteiger charge is -1.88. The lowest BCUT2D eigenvalue weighted by atomic mass is 10.3. The molecule has 0 amide bonds. The van der Waals surface area contributed by atoms with Gasteiger partial charge in [-0.3, -0.25) is 0 Å². The zero-order valence-electron chi connectivity index (χ0n) is 6.97. The number of aliphatic hydroxyl groups is 1. The van der Waals surface area contributed by atoms with E-state index in [1.807, 2.05) is 0 Å². The van der Waals surface area contributed by atoms with Crippen molar-refractivity contribution in [1.82, 2.24) is 0 Å². The quantitative estimate of drug-likeness (QED) is 0.236. The first-order valence-corrected chi connectivity index (χ1v) is 3.38. The Morgan fingerprint density at radius 3 is 2.69 bits per heavy atom. The van der Waals surface area contributed by atoms with Crippen molar-refractivity contribution in [3.63, 3.8) is 0 Å². The van der Waals surface area contributed by atoms with Crippen molar-refractivity contribution in [2.45, 2.75) is 6.92 Å². The molecular formula is C8H8N2O3. The molecule has 0 aromatic rings. The highest BCUT2D eigenvalue weighted by atomic mass is 16.3. The minimum absolute atomic E-state index is 0.0328. The molecule has 0 unspecified atom stereocenters. The van der Waals surface area contributed by atoms with Crippen molar-refractivity contribution >= 4 is 6.08 Å². The molecule has 5 heteroatoms. The average molecular weight is 180 g/mol. The molecule has 5 nitrogen and oxygen atoms in total. The monoisotopic (exact) mass is 180 g/mol. The first-order chi connectivity index (χ1) is 6.24. The first-order valence-electron chi connectivity index (χ1n) is 3.38. The van der Waals surface area contributed by atoms with Crippen LogP contribution in [0.4, 0.5) is 0 Å². The van der Waals surface area contributed by atoms with Crippen molar-refractivity contribution in [3.05, 3.63) is 40.8 Å². The predicted octanol–water partition coefficient (Wildman–Crippen LogP) is 1.95. The summed E-state index contributed by atoms with van der Waals surface area (Å²) in [5.41, 5.74) is -0.0328. The molecule has 0 aliphatic heterocycles. The summed E-state index contributed by atoms with van der Waals surface area (Å²) in [6, 6.07) is 0. The number of rotatable bonds is 4. The second-order valence-electron chi connectivity index (χ2n) is 1.91. The Hall–Kier alpha value is -2.00. The molecule has 0 aromatic heterocycles. The molecule has 68 valence electrons. The Bertz CT molecular complexity index is 309. The first kappa shape index (κ1) is 11.0. The van der Waals surface area contributed by atoms with Crippen LogP contribution in [0, 0.1) is 4.91 Å². The van der Waals surface area contributed by atoms with Crippen LogP contribution >= 0.6 is 0 Å². The lowest BCUT2D eigenvalue weighted by molar-refractivity contribution is 0.431. The molecule has 0 aromatic carbocycles. The van der Waals surface area contributed by atoms with Crippen LogP contribution in [0.15, 0.2) is 46.1 Å². The number of nitrogens with zero attached hydrogens (tertiary/aromatic N) is 2. The zero-order chi connectivity index (χ0) is 10.1. The van der Waals surface area contributed by atoms with Gasteiger partial charge in [0.05, 0.1) is 0 Å². The fraction of sp³-hybridized carbons (Fsp3) is 0.125. The highest BCUT2D eigenvalue weighted by Crippen LogP contribution is 2.02. The van der Waals surface area contributed by atoms with E-state index >= 15 is 0 Å². The summed E-state index contributed by atoms with van der Waals surface area (Å²) in [6.07, 6.45) is 6.03. The molecule has 0 radical (unpaired) electrons. The number of aliphatic hydroxyl groups excluding tert-OH is 1. The van der Waals surface area contributed by atoms with E-state index in [2.05, 4.69) is 10.2 Å².